The zero-order valence-corrected chi connectivity index (χ0v) is 20.4. The van der Waals surface area contributed by atoms with Gasteiger partial charge in [-0.1, -0.05) is 67.8 Å². The van der Waals surface area contributed by atoms with Crippen molar-refractivity contribution in [2.75, 3.05) is 13.2 Å². The normalized spacial score (nSPS) is 16.6. The lowest BCUT2D eigenvalue weighted by molar-refractivity contribution is -0.147. The van der Waals surface area contributed by atoms with E-state index in [4.69, 9.17) is 4.74 Å². The average Bonchev–Trinajstić information content (AvgIpc) is 3.17. The highest BCUT2D eigenvalue weighted by atomic mass is 16.5. The molecule has 7 nitrogen and oxygen atoms in total. The molecule has 2 aliphatic rings. The number of aliphatic carboxylic acids is 1. The molecule has 0 radical (unpaired) electrons. The summed E-state index contributed by atoms with van der Waals surface area (Å²) in [5, 5.41) is 15.1. The fourth-order valence-electron chi connectivity index (χ4n) is 5.16. The Morgan fingerprint density at radius 1 is 0.971 bits per heavy atom. The van der Waals surface area contributed by atoms with Crippen LogP contribution < -0.4 is 10.6 Å². The number of carboxylic acid groups (broad SMARTS) is 1. The Labute approximate surface area is 206 Å². The van der Waals surface area contributed by atoms with Crippen LogP contribution in [0.3, 0.4) is 0 Å². The van der Waals surface area contributed by atoms with E-state index < -0.39 is 23.0 Å². The molecule has 0 heterocycles. The topological polar surface area (TPSA) is 105 Å². The molecule has 0 saturated heterocycles. The number of carbonyl (C=O) groups excluding carboxylic acids is 2. The average molecular weight is 479 g/mol. The van der Waals surface area contributed by atoms with Gasteiger partial charge < -0.3 is 20.5 Å². The number of nitrogens with one attached hydrogen (secondary N) is 2. The number of hydrogen-bond acceptors (Lipinski definition) is 4. The van der Waals surface area contributed by atoms with E-state index in [0.29, 0.717) is 19.3 Å². The van der Waals surface area contributed by atoms with Crippen molar-refractivity contribution in [3.05, 3.63) is 59.7 Å². The van der Waals surface area contributed by atoms with Crippen molar-refractivity contribution < 1.29 is 24.2 Å². The van der Waals surface area contributed by atoms with Gasteiger partial charge in [-0.25, -0.2) is 4.79 Å². The van der Waals surface area contributed by atoms with Gasteiger partial charge in [-0.15, -0.1) is 0 Å². The van der Waals surface area contributed by atoms with Crippen LogP contribution in [0.2, 0.25) is 0 Å². The van der Waals surface area contributed by atoms with E-state index in [1.807, 2.05) is 24.3 Å². The van der Waals surface area contributed by atoms with Crippen molar-refractivity contribution in [2.45, 2.75) is 63.8 Å². The number of hydrogen-bond donors (Lipinski definition) is 3. The standard InChI is InChI=1S/C28H34N2O5/c1-27(2,25(32)33)16-17-29-24(31)28(14-8-3-9-15-28)30-26(34)35-18-23-21-12-6-4-10-19(21)20-11-5-7-13-22(20)23/h4-7,10-13,23H,3,8-9,14-18H2,1-2H3,(H,29,31)(H,30,34)(H,32,33). The minimum absolute atomic E-state index is 0.0532. The fourth-order valence-corrected chi connectivity index (χ4v) is 5.16. The van der Waals surface area contributed by atoms with E-state index in [1.54, 1.807) is 13.8 Å². The van der Waals surface area contributed by atoms with E-state index in [2.05, 4.69) is 34.9 Å². The minimum atomic E-state index is -1.03. The van der Waals surface area contributed by atoms with E-state index >= 15 is 0 Å². The van der Waals surface area contributed by atoms with Crippen LogP contribution in [0.25, 0.3) is 11.1 Å². The molecule has 35 heavy (non-hydrogen) atoms. The van der Waals surface area contributed by atoms with Crippen LogP contribution in [-0.2, 0) is 14.3 Å². The summed E-state index contributed by atoms with van der Waals surface area (Å²) in [6, 6.07) is 16.3. The number of carbonyl (C=O) groups is 3. The third-order valence-corrected chi connectivity index (χ3v) is 7.44. The predicted octanol–water partition coefficient (Wildman–Crippen LogP) is 4.85. The molecule has 0 bridgehead atoms. The lowest BCUT2D eigenvalue weighted by Crippen LogP contribution is -2.60. The molecule has 0 aromatic heterocycles. The molecule has 1 saturated carbocycles. The molecule has 2 amide bonds. The molecule has 0 aliphatic heterocycles. The van der Waals surface area contributed by atoms with Crippen molar-refractivity contribution >= 4 is 18.0 Å². The molecule has 2 aliphatic carbocycles. The Bertz CT molecular complexity index is 1060. The van der Waals surface area contributed by atoms with Crippen molar-refractivity contribution in [1.82, 2.24) is 10.6 Å². The van der Waals surface area contributed by atoms with Gasteiger partial charge in [0.25, 0.3) is 0 Å². The first-order chi connectivity index (χ1) is 16.7. The summed E-state index contributed by atoms with van der Waals surface area (Å²) in [7, 11) is 0. The van der Waals surface area contributed by atoms with Crippen LogP contribution in [0, 0.1) is 5.41 Å². The van der Waals surface area contributed by atoms with Gasteiger partial charge in [0, 0.05) is 12.5 Å². The maximum Gasteiger partial charge on any atom is 0.408 e. The van der Waals surface area contributed by atoms with Crippen molar-refractivity contribution in [2.24, 2.45) is 5.41 Å². The van der Waals surface area contributed by atoms with Crippen molar-refractivity contribution in [1.29, 1.82) is 0 Å². The molecule has 0 atom stereocenters. The second-order valence-electron chi connectivity index (χ2n) is 10.3. The zero-order valence-electron chi connectivity index (χ0n) is 20.4. The Morgan fingerprint density at radius 3 is 2.11 bits per heavy atom. The third-order valence-electron chi connectivity index (χ3n) is 7.44. The predicted molar refractivity (Wildman–Crippen MR) is 133 cm³/mol. The molecule has 7 heteroatoms. The van der Waals surface area contributed by atoms with Gasteiger partial charge in [-0.2, -0.15) is 0 Å². The first-order valence-corrected chi connectivity index (χ1v) is 12.4. The summed E-state index contributed by atoms with van der Waals surface area (Å²) < 4.78 is 5.70. The van der Waals surface area contributed by atoms with Crippen molar-refractivity contribution in [3.63, 3.8) is 0 Å². The van der Waals surface area contributed by atoms with Gasteiger partial charge in [-0.05, 0) is 55.4 Å². The first-order valence-electron chi connectivity index (χ1n) is 12.4. The van der Waals surface area contributed by atoms with E-state index in [9.17, 15) is 19.5 Å². The molecule has 0 unspecified atom stereocenters. The van der Waals surface area contributed by atoms with Crippen LogP contribution in [0.1, 0.15) is 69.4 Å². The van der Waals surface area contributed by atoms with Crippen LogP contribution in [-0.4, -0.2) is 41.8 Å². The highest BCUT2D eigenvalue weighted by molar-refractivity contribution is 5.90. The summed E-state index contributed by atoms with van der Waals surface area (Å²) in [6.45, 7) is 3.68. The van der Waals surface area contributed by atoms with Gasteiger partial charge in [0.15, 0.2) is 0 Å². The maximum absolute atomic E-state index is 13.2. The molecule has 2 aromatic carbocycles. The SMILES string of the molecule is CC(C)(CCNC(=O)C1(NC(=O)OCC2c3ccccc3-c3ccccc32)CCCCC1)C(=O)O. The fraction of sp³-hybridized carbons (Fsp3) is 0.464. The van der Waals surface area contributed by atoms with Gasteiger partial charge in [0.05, 0.1) is 5.41 Å². The van der Waals surface area contributed by atoms with Crippen LogP contribution in [0.5, 0.6) is 0 Å². The largest absolute Gasteiger partial charge is 0.481 e. The molecular formula is C28H34N2O5. The summed E-state index contributed by atoms with van der Waals surface area (Å²) in [5.41, 5.74) is 2.61. The number of rotatable bonds is 8. The quantitative estimate of drug-likeness (QED) is 0.503. The lowest BCUT2D eigenvalue weighted by atomic mass is 9.80. The van der Waals surface area contributed by atoms with Gasteiger partial charge in [0.2, 0.25) is 5.91 Å². The van der Waals surface area contributed by atoms with Crippen LogP contribution in [0.4, 0.5) is 4.79 Å². The summed E-state index contributed by atoms with van der Waals surface area (Å²) in [6.07, 6.45) is 3.43. The van der Waals surface area contributed by atoms with Crippen LogP contribution >= 0.6 is 0 Å². The molecule has 186 valence electrons. The molecule has 0 spiro atoms. The summed E-state index contributed by atoms with van der Waals surface area (Å²) in [4.78, 5) is 37.5. The van der Waals surface area contributed by atoms with Crippen LogP contribution in [0.15, 0.2) is 48.5 Å². The first kappa shape index (κ1) is 24.8. The zero-order chi connectivity index (χ0) is 25.1. The Kier molecular flexibility index (Phi) is 7.15. The summed E-state index contributed by atoms with van der Waals surface area (Å²) in [5.74, 6) is -1.23. The number of ether oxygens (including phenoxy) is 1. The maximum atomic E-state index is 13.2. The van der Waals surface area contributed by atoms with E-state index in [1.165, 1.54) is 0 Å². The number of fused-ring (bicyclic) bond motifs is 3. The third kappa shape index (κ3) is 5.19. The highest BCUT2D eigenvalue weighted by Gasteiger charge is 2.42. The lowest BCUT2D eigenvalue weighted by Gasteiger charge is -2.36. The van der Waals surface area contributed by atoms with Gasteiger partial charge in [0.1, 0.15) is 12.1 Å². The molecule has 2 aromatic rings. The number of alkyl carbamates (subject to hydrolysis) is 1. The monoisotopic (exact) mass is 478 g/mol. The molecule has 1 fully saturated rings. The second kappa shape index (κ2) is 10.1. The van der Waals surface area contributed by atoms with E-state index in [0.717, 1.165) is 41.5 Å². The molecule has 3 N–H and O–H groups in total. The van der Waals surface area contributed by atoms with Crippen molar-refractivity contribution in [3.8, 4) is 11.1 Å². The van der Waals surface area contributed by atoms with E-state index in [-0.39, 0.29) is 25.0 Å². The smallest absolute Gasteiger partial charge is 0.408 e. The van der Waals surface area contributed by atoms with Gasteiger partial charge >= 0.3 is 12.1 Å². The number of amides is 2. The molecule has 4 rings (SSSR count). The number of benzene rings is 2. The number of carboxylic acids is 1. The molecular weight excluding hydrogens is 444 g/mol. The minimum Gasteiger partial charge on any atom is -0.481 e. The van der Waals surface area contributed by atoms with Gasteiger partial charge in [-0.3, -0.25) is 9.59 Å². The summed E-state index contributed by atoms with van der Waals surface area (Å²) >= 11 is 0. The Balaban J connectivity index is 1.40. The highest BCUT2D eigenvalue weighted by Crippen LogP contribution is 2.44. The Morgan fingerprint density at radius 2 is 1.54 bits per heavy atom. The Hall–Kier alpha value is -3.35. The second-order valence-corrected chi connectivity index (χ2v) is 10.3.